The highest BCUT2D eigenvalue weighted by Gasteiger charge is 2.10. The number of aryl methyl sites for hydroxylation is 1. The van der Waals surface area contributed by atoms with Crippen molar-refractivity contribution in [3.05, 3.63) is 27.3 Å². The van der Waals surface area contributed by atoms with Gasteiger partial charge in [-0.25, -0.2) is 8.42 Å². The topological polar surface area (TPSA) is 70.0 Å². The highest BCUT2D eigenvalue weighted by Crippen LogP contribution is 2.19. The minimum absolute atomic E-state index is 0.525. The van der Waals surface area contributed by atoms with Crippen LogP contribution >= 0.6 is 22.6 Å². The summed E-state index contributed by atoms with van der Waals surface area (Å²) in [5, 5.41) is 8.33. The smallest absolute Gasteiger partial charge is 0.246 e. The van der Waals surface area contributed by atoms with Crippen molar-refractivity contribution in [2.75, 3.05) is 10.5 Å². The molecule has 1 N–H and O–H groups in total. The number of nitriles is 1. The maximum atomic E-state index is 11.3. The molecule has 1 aromatic rings. The number of nitrogens with one attached hydrogen (secondary N) is 1. The summed E-state index contributed by atoms with van der Waals surface area (Å²) in [6, 6.07) is 7.05. The number of nitrogens with zero attached hydrogens (tertiary/aromatic N) is 1. The third-order valence-corrected chi connectivity index (χ3v) is 3.43. The van der Waals surface area contributed by atoms with Crippen molar-refractivity contribution >= 4 is 38.3 Å². The van der Waals surface area contributed by atoms with Gasteiger partial charge in [-0.3, -0.25) is 4.72 Å². The lowest BCUT2D eigenvalue weighted by atomic mass is 10.2. The number of hydrogen-bond acceptors (Lipinski definition) is 3. The Morgan fingerprint density at radius 3 is 2.80 bits per heavy atom. The zero-order chi connectivity index (χ0) is 11.5. The second-order valence-electron chi connectivity index (χ2n) is 2.98. The molecule has 0 unspecified atom stereocenters. The van der Waals surface area contributed by atoms with E-state index in [0.717, 1.165) is 9.13 Å². The summed E-state index contributed by atoms with van der Waals surface area (Å²) in [5.41, 5.74) is 1.36. The number of halogens is 1. The Kier molecular flexibility index (Phi) is 3.93. The molecule has 15 heavy (non-hydrogen) atoms. The average Bonchev–Trinajstić information content (AvgIpc) is 2.10. The van der Waals surface area contributed by atoms with Gasteiger partial charge in [0.05, 0.1) is 11.8 Å². The number of sulfonamides is 1. The molecule has 0 aliphatic rings. The minimum atomic E-state index is -3.54. The van der Waals surface area contributed by atoms with E-state index < -0.39 is 15.8 Å². The van der Waals surface area contributed by atoms with E-state index in [9.17, 15) is 8.42 Å². The third-order valence-electron chi connectivity index (χ3n) is 1.72. The van der Waals surface area contributed by atoms with Gasteiger partial charge in [-0.2, -0.15) is 5.26 Å². The molecule has 0 aromatic heterocycles. The van der Waals surface area contributed by atoms with Crippen LogP contribution in [0.15, 0.2) is 18.2 Å². The van der Waals surface area contributed by atoms with Crippen LogP contribution in [0.4, 0.5) is 5.69 Å². The first-order chi connectivity index (χ1) is 6.94. The molecule has 0 aliphatic carbocycles. The molecule has 0 fully saturated rings. The van der Waals surface area contributed by atoms with Crippen molar-refractivity contribution < 1.29 is 8.42 Å². The summed E-state index contributed by atoms with van der Waals surface area (Å²) < 4.78 is 26.0. The Labute approximate surface area is 102 Å². The highest BCUT2D eigenvalue weighted by molar-refractivity contribution is 14.1. The molecule has 0 saturated heterocycles. The van der Waals surface area contributed by atoms with Crippen LogP contribution in [0.1, 0.15) is 5.56 Å². The molecule has 0 bridgehead atoms. The van der Waals surface area contributed by atoms with Crippen molar-refractivity contribution in [1.82, 2.24) is 0 Å². The predicted octanol–water partition coefficient (Wildman–Crippen LogP) is 1.86. The maximum absolute atomic E-state index is 11.3. The van der Waals surface area contributed by atoms with E-state index in [1.165, 1.54) is 0 Å². The van der Waals surface area contributed by atoms with Crippen LogP contribution in [0.2, 0.25) is 0 Å². The molecule has 0 heterocycles. The molecule has 1 rings (SSSR count). The largest absolute Gasteiger partial charge is 0.282 e. The summed E-state index contributed by atoms with van der Waals surface area (Å²) in [7, 11) is -3.54. The summed E-state index contributed by atoms with van der Waals surface area (Å²) >= 11 is 2.10. The lowest BCUT2D eigenvalue weighted by Gasteiger charge is -2.08. The van der Waals surface area contributed by atoms with Crippen LogP contribution in [0.3, 0.4) is 0 Å². The lowest BCUT2D eigenvalue weighted by Crippen LogP contribution is -2.16. The van der Waals surface area contributed by atoms with Gasteiger partial charge in [0.1, 0.15) is 0 Å². The van der Waals surface area contributed by atoms with Gasteiger partial charge < -0.3 is 0 Å². The summed E-state index contributed by atoms with van der Waals surface area (Å²) in [6.07, 6.45) is 0. The van der Waals surface area contributed by atoms with Gasteiger partial charge >= 0.3 is 0 Å². The molecule has 1 aromatic carbocycles. The van der Waals surface area contributed by atoms with Crippen molar-refractivity contribution in [2.24, 2.45) is 0 Å². The Morgan fingerprint density at radius 2 is 2.20 bits per heavy atom. The molecule has 0 radical (unpaired) electrons. The van der Waals surface area contributed by atoms with Gasteiger partial charge in [-0.15, -0.1) is 0 Å². The molecule has 4 nitrogen and oxygen atoms in total. The van der Waals surface area contributed by atoms with E-state index in [1.54, 1.807) is 19.1 Å². The zero-order valence-corrected chi connectivity index (χ0v) is 11.0. The van der Waals surface area contributed by atoms with Crippen molar-refractivity contribution in [2.45, 2.75) is 6.92 Å². The van der Waals surface area contributed by atoms with Crippen molar-refractivity contribution in [1.29, 1.82) is 5.26 Å². The van der Waals surface area contributed by atoms with E-state index in [0.29, 0.717) is 5.69 Å². The van der Waals surface area contributed by atoms with E-state index >= 15 is 0 Å². The number of anilines is 1. The lowest BCUT2D eigenvalue weighted by molar-refractivity contribution is 0.604. The fraction of sp³-hybridized carbons (Fsp3) is 0.222. The molecule has 0 atom stereocenters. The van der Waals surface area contributed by atoms with Gasteiger partial charge in [0.2, 0.25) is 10.0 Å². The summed E-state index contributed by atoms with van der Waals surface area (Å²) in [5.74, 6) is -0.530. The van der Waals surface area contributed by atoms with Crippen LogP contribution in [0.25, 0.3) is 0 Å². The monoisotopic (exact) mass is 336 g/mol. The summed E-state index contributed by atoms with van der Waals surface area (Å²) in [4.78, 5) is 0. The average molecular weight is 336 g/mol. The fourth-order valence-corrected chi connectivity index (χ4v) is 2.28. The maximum Gasteiger partial charge on any atom is 0.246 e. The van der Waals surface area contributed by atoms with Crippen LogP contribution in [-0.2, 0) is 10.0 Å². The van der Waals surface area contributed by atoms with E-state index in [1.807, 2.05) is 12.1 Å². The van der Waals surface area contributed by atoms with E-state index in [-0.39, 0.29) is 0 Å². The molecular formula is C9H9IN2O2S. The SMILES string of the molecule is Cc1ccc(I)cc1NS(=O)(=O)CC#N. The molecule has 0 aliphatic heterocycles. The Morgan fingerprint density at radius 1 is 1.53 bits per heavy atom. The first kappa shape index (κ1) is 12.3. The third kappa shape index (κ3) is 3.68. The Balaban J connectivity index is 3.00. The number of rotatable bonds is 3. The first-order valence-electron chi connectivity index (χ1n) is 4.08. The second-order valence-corrected chi connectivity index (χ2v) is 5.95. The van der Waals surface area contributed by atoms with Gasteiger partial charge in [0, 0.05) is 3.57 Å². The highest BCUT2D eigenvalue weighted by atomic mass is 127. The molecule has 6 heteroatoms. The quantitative estimate of drug-likeness (QED) is 0.857. The number of benzene rings is 1. The Bertz CT molecular complexity index is 505. The van der Waals surface area contributed by atoms with Gasteiger partial charge in [-0.1, -0.05) is 6.07 Å². The van der Waals surface area contributed by atoms with Gasteiger partial charge in [0.15, 0.2) is 5.75 Å². The van der Waals surface area contributed by atoms with Crippen LogP contribution in [0, 0.1) is 21.8 Å². The van der Waals surface area contributed by atoms with Crippen LogP contribution in [-0.4, -0.2) is 14.2 Å². The summed E-state index contributed by atoms with van der Waals surface area (Å²) in [6.45, 7) is 1.81. The molecule has 80 valence electrons. The fourth-order valence-electron chi connectivity index (χ4n) is 0.993. The van der Waals surface area contributed by atoms with Crippen molar-refractivity contribution in [3.8, 4) is 6.07 Å². The van der Waals surface area contributed by atoms with Crippen LogP contribution < -0.4 is 4.72 Å². The molecular weight excluding hydrogens is 327 g/mol. The van der Waals surface area contributed by atoms with Crippen LogP contribution in [0.5, 0.6) is 0 Å². The van der Waals surface area contributed by atoms with Crippen molar-refractivity contribution in [3.63, 3.8) is 0 Å². The van der Waals surface area contributed by atoms with E-state index in [4.69, 9.17) is 5.26 Å². The number of hydrogen-bond donors (Lipinski definition) is 1. The zero-order valence-electron chi connectivity index (χ0n) is 7.99. The first-order valence-corrected chi connectivity index (χ1v) is 6.81. The second kappa shape index (κ2) is 4.81. The van der Waals surface area contributed by atoms with Gasteiger partial charge in [-0.05, 0) is 47.2 Å². The molecule has 0 spiro atoms. The minimum Gasteiger partial charge on any atom is -0.282 e. The predicted molar refractivity (Wildman–Crippen MR) is 66.9 cm³/mol. The molecule has 0 amide bonds. The van der Waals surface area contributed by atoms with E-state index in [2.05, 4.69) is 27.3 Å². The molecule has 0 saturated carbocycles. The van der Waals surface area contributed by atoms with Gasteiger partial charge in [0.25, 0.3) is 0 Å². The normalized spacial score (nSPS) is 10.7. The standard InChI is InChI=1S/C9H9IN2O2S/c1-7-2-3-8(10)6-9(7)12-15(13,14)5-4-11/h2-3,6,12H,5H2,1H3. The Hall–Kier alpha value is -0.810.